The highest BCUT2D eigenvalue weighted by Gasteiger charge is 2.17. The minimum Gasteiger partial charge on any atom is -0.350 e. The molecule has 2 aromatic carbocycles. The summed E-state index contributed by atoms with van der Waals surface area (Å²) < 4.78 is 1.76. The van der Waals surface area contributed by atoms with Crippen LogP contribution in [0, 0.1) is 0 Å². The topological polar surface area (TPSA) is 110 Å². The number of benzene rings is 2. The zero-order valence-corrected chi connectivity index (χ0v) is 22.7. The van der Waals surface area contributed by atoms with Gasteiger partial charge in [0.05, 0.1) is 11.9 Å². The Morgan fingerprint density at radius 3 is 2.71 bits per heavy atom. The molecule has 6 rings (SSSR count). The van der Waals surface area contributed by atoms with Gasteiger partial charge in [0.25, 0.3) is 0 Å². The summed E-state index contributed by atoms with van der Waals surface area (Å²) >= 11 is 0. The van der Waals surface area contributed by atoms with Gasteiger partial charge in [0.1, 0.15) is 0 Å². The lowest BCUT2D eigenvalue weighted by Crippen LogP contribution is -2.11. The third-order valence-corrected chi connectivity index (χ3v) is 6.86. The smallest absolute Gasteiger partial charge is 0.247 e. The molecule has 4 aromatic heterocycles. The van der Waals surface area contributed by atoms with Crippen molar-refractivity contribution in [2.75, 3.05) is 10.6 Å². The second-order valence-electron chi connectivity index (χ2n) is 9.90. The van der Waals surface area contributed by atoms with Crippen LogP contribution in [-0.2, 0) is 11.3 Å². The summed E-state index contributed by atoms with van der Waals surface area (Å²) in [5.74, 6) is 1.17. The number of hydrogen-bond donors (Lipinski definition) is 2. The Morgan fingerprint density at radius 1 is 1.02 bits per heavy atom. The van der Waals surface area contributed by atoms with Crippen molar-refractivity contribution in [3.8, 4) is 22.6 Å². The van der Waals surface area contributed by atoms with E-state index in [2.05, 4.69) is 53.3 Å². The van der Waals surface area contributed by atoms with Crippen LogP contribution in [0.25, 0.3) is 39.1 Å². The molecule has 0 aliphatic carbocycles. The van der Waals surface area contributed by atoms with Gasteiger partial charge in [0.15, 0.2) is 11.5 Å². The molecule has 2 N–H and O–H groups in total. The van der Waals surface area contributed by atoms with Crippen molar-refractivity contribution in [3.63, 3.8) is 0 Å². The standard InChI is InChI=1S/C32H28N8O/c1-4-28(41)37-24-11-12-26-21(16-24)13-15-34-29(26)25-10-6-5-8-22(25)18-35-32-39-30(23-9-7-14-33-17-23)38-31-27(20(2)3)19-36-40(31)32/h4-17,19-20H,1,18H2,2-3H3,(H,37,41)(H,35,38,39). The van der Waals surface area contributed by atoms with Gasteiger partial charge in [0.2, 0.25) is 11.9 Å². The highest BCUT2D eigenvalue weighted by Crippen LogP contribution is 2.31. The van der Waals surface area contributed by atoms with Crippen molar-refractivity contribution in [1.29, 1.82) is 0 Å². The third-order valence-electron chi connectivity index (χ3n) is 6.86. The minimum absolute atomic E-state index is 0.251. The highest BCUT2D eigenvalue weighted by molar-refractivity contribution is 6.02. The zero-order chi connectivity index (χ0) is 28.3. The zero-order valence-electron chi connectivity index (χ0n) is 22.7. The number of pyridine rings is 2. The number of fused-ring (bicyclic) bond motifs is 2. The number of carbonyl (C=O) groups is 1. The molecule has 6 aromatic rings. The van der Waals surface area contributed by atoms with Crippen LogP contribution >= 0.6 is 0 Å². The molecule has 0 unspecified atom stereocenters. The predicted octanol–water partition coefficient (Wildman–Crippen LogP) is 6.26. The van der Waals surface area contributed by atoms with E-state index in [-0.39, 0.29) is 11.8 Å². The van der Waals surface area contributed by atoms with E-state index < -0.39 is 0 Å². The van der Waals surface area contributed by atoms with Crippen molar-refractivity contribution in [3.05, 3.63) is 109 Å². The first-order chi connectivity index (χ1) is 20.0. The predicted molar refractivity (Wildman–Crippen MR) is 161 cm³/mol. The van der Waals surface area contributed by atoms with Gasteiger partial charge in [-0.05, 0) is 53.3 Å². The van der Waals surface area contributed by atoms with Gasteiger partial charge in [-0.3, -0.25) is 14.8 Å². The summed E-state index contributed by atoms with van der Waals surface area (Å²) in [5.41, 5.74) is 6.23. The van der Waals surface area contributed by atoms with Crippen LogP contribution in [0.2, 0.25) is 0 Å². The molecular weight excluding hydrogens is 512 g/mol. The maximum Gasteiger partial charge on any atom is 0.247 e. The van der Waals surface area contributed by atoms with Crippen LogP contribution in [0.15, 0.2) is 98.1 Å². The number of anilines is 2. The summed E-state index contributed by atoms with van der Waals surface area (Å²) in [6.45, 7) is 8.26. The van der Waals surface area contributed by atoms with Crippen molar-refractivity contribution in [1.82, 2.24) is 29.5 Å². The Labute approximate surface area is 237 Å². The van der Waals surface area contributed by atoms with Gasteiger partial charge in [-0.2, -0.15) is 14.6 Å². The van der Waals surface area contributed by atoms with Gasteiger partial charge in [-0.25, -0.2) is 4.98 Å². The van der Waals surface area contributed by atoms with Crippen molar-refractivity contribution in [2.45, 2.75) is 26.3 Å². The largest absolute Gasteiger partial charge is 0.350 e. The summed E-state index contributed by atoms with van der Waals surface area (Å²) in [6, 6.07) is 19.7. The molecule has 4 heterocycles. The van der Waals surface area contributed by atoms with Crippen LogP contribution in [0.3, 0.4) is 0 Å². The maximum absolute atomic E-state index is 11.8. The molecule has 202 valence electrons. The Kier molecular flexibility index (Phi) is 6.91. The molecule has 41 heavy (non-hydrogen) atoms. The van der Waals surface area contributed by atoms with E-state index in [1.807, 2.05) is 54.7 Å². The molecule has 0 spiro atoms. The van der Waals surface area contributed by atoms with Gasteiger partial charge in [-0.1, -0.05) is 50.8 Å². The number of amides is 1. The minimum atomic E-state index is -0.252. The highest BCUT2D eigenvalue weighted by atomic mass is 16.1. The van der Waals surface area contributed by atoms with Crippen molar-refractivity contribution < 1.29 is 4.79 Å². The van der Waals surface area contributed by atoms with E-state index in [1.165, 1.54) is 6.08 Å². The van der Waals surface area contributed by atoms with E-state index in [4.69, 9.17) is 15.0 Å². The normalized spacial score (nSPS) is 11.2. The van der Waals surface area contributed by atoms with Gasteiger partial charge in [-0.15, -0.1) is 0 Å². The van der Waals surface area contributed by atoms with Crippen molar-refractivity contribution in [2.24, 2.45) is 0 Å². The lowest BCUT2D eigenvalue weighted by molar-refractivity contribution is -0.111. The first-order valence-corrected chi connectivity index (χ1v) is 13.3. The monoisotopic (exact) mass is 540 g/mol. The number of hydrogen-bond acceptors (Lipinski definition) is 7. The number of nitrogens with zero attached hydrogens (tertiary/aromatic N) is 6. The molecule has 0 saturated heterocycles. The van der Waals surface area contributed by atoms with Gasteiger partial charge in [0, 0.05) is 52.9 Å². The van der Waals surface area contributed by atoms with E-state index in [0.29, 0.717) is 24.0 Å². The Hall–Kier alpha value is -5.44. The molecule has 0 aliphatic rings. The number of nitrogens with one attached hydrogen (secondary N) is 2. The molecule has 0 fully saturated rings. The first-order valence-electron chi connectivity index (χ1n) is 13.3. The molecule has 9 nitrogen and oxygen atoms in total. The quantitative estimate of drug-likeness (QED) is 0.219. The Balaban J connectivity index is 1.38. The lowest BCUT2D eigenvalue weighted by atomic mass is 9.99. The maximum atomic E-state index is 11.8. The van der Waals surface area contributed by atoms with E-state index in [9.17, 15) is 4.79 Å². The Morgan fingerprint density at radius 2 is 1.90 bits per heavy atom. The summed E-state index contributed by atoms with van der Waals surface area (Å²) in [4.78, 5) is 30.5. The third kappa shape index (κ3) is 5.12. The van der Waals surface area contributed by atoms with Crippen LogP contribution in [0.1, 0.15) is 30.9 Å². The average molecular weight is 541 g/mol. The van der Waals surface area contributed by atoms with Crippen LogP contribution in [0.5, 0.6) is 0 Å². The molecule has 0 aliphatic heterocycles. The fraction of sp³-hybridized carbons (Fsp3) is 0.125. The number of rotatable bonds is 8. The molecule has 0 saturated carbocycles. The second kappa shape index (κ2) is 11.0. The molecule has 0 atom stereocenters. The number of aromatic nitrogens is 6. The Bertz CT molecular complexity index is 1900. The van der Waals surface area contributed by atoms with E-state index in [0.717, 1.165) is 44.4 Å². The van der Waals surface area contributed by atoms with Crippen molar-refractivity contribution >= 4 is 34.0 Å². The average Bonchev–Trinajstić information content (AvgIpc) is 3.45. The summed E-state index contributed by atoms with van der Waals surface area (Å²) in [5, 5.41) is 12.9. The summed E-state index contributed by atoms with van der Waals surface area (Å²) in [7, 11) is 0. The molecule has 9 heteroatoms. The SMILES string of the molecule is C=CC(=O)Nc1ccc2c(-c3ccccc3CNc3nc(-c4cccnc4)nc4c(C(C)C)cnn34)nccc2c1. The molecule has 0 bridgehead atoms. The molecular formula is C32H28N8O. The fourth-order valence-corrected chi connectivity index (χ4v) is 4.78. The van der Waals surface area contributed by atoms with Crippen LogP contribution < -0.4 is 10.6 Å². The first kappa shape index (κ1) is 25.8. The summed E-state index contributed by atoms with van der Waals surface area (Å²) in [6.07, 6.45) is 8.38. The molecule has 1 amide bonds. The molecule has 0 radical (unpaired) electrons. The van der Waals surface area contributed by atoms with Crippen LogP contribution in [-0.4, -0.2) is 35.5 Å². The van der Waals surface area contributed by atoms with Crippen LogP contribution in [0.4, 0.5) is 11.6 Å². The fourth-order valence-electron chi connectivity index (χ4n) is 4.78. The van der Waals surface area contributed by atoms with E-state index in [1.54, 1.807) is 23.1 Å². The van der Waals surface area contributed by atoms with Gasteiger partial charge >= 0.3 is 0 Å². The lowest BCUT2D eigenvalue weighted by Gasteiger charge is -2.14. The van der Waals surface area contributed by atoms with E-state index >= 15 is 0 Å². The van der Waals surface area contributed by atoms with Gasteiger partial charge < -0.3 is 10.6 Å². The number of carbonyl (C=O) groups excluding carboxylic acids is 1. The second-order valence-corrected chi connectivity index (χ2v) is 9.90.